The summed E-state index contributed by atoms with van der Waals surface area (Å²) in [6.07, 6.45) is 4.97. The van der Waals surface area contributed by atoms with E-state index in [-0.39, 0.29) is 5.41 Å². The minimum Gasteiger partial charge on any atom is -0.357 e. The van der Waals surface area contributed by atoms with Gasteiger partial charge in [0.05, 0.1) is 12.2 Å². The molecular weight excluding hydrogens is 342 g/mol. The van der Waals surface area contributed by atoms with Crippen LogP contribution in [0.3, 0.4) is 0 Å². The Morgan fingerprint density at radius 2 is 2.12 bits per heavy atom. The molecule has 0 aliphatic heterocycles. The van der Waals surface area contributed by atoms with E-state index in [1.165, 1.54) is 4.88 Å². The minimum absolute atomic E-state index is 0.0398. The number of nitrogens with zero attached hydrogens (tertiary/aromatic N) is 3. The highest BCUT2D eigenvalue weighted by Gasteiger charge is 2.21. The van der Waals surface area contributed by atoms with E-state index >= 15 is 0 Å². The summed E-state index contributed by atoms with van der Waals surface area (Å²) in [5, 5.41) is 8.88. The Bertz CT molecular complexity index is 815. The van der Waals surface area contributed by atoms with E-state index in [2.05, 4.69) is 64.5 Å². The molecule has 26 heavy (non-hydrogen) atoms. The molecule has 2 N–H and O–H groups in total. The summed E-state index contributed by atoms with van der Waals surface area (Å²) in [5.41, 5.74) is 2.11. The summed E-state index contributed by atoms with van der Waals surface area (Å²) in [6, 6.07) is 10.3. The van der Waals surface area contributed by atoms with Crippen LogP contribution in [0.1, 0.15) is 31.3 Å². The molecule has 0 radical (unpaired) electrons. The number of aromatic nitrogens is 2. The van der Waals surface area contributed by atoms with Gasteiger partial charge in [-0.2, -0.15) is 0 Å². The van der Waals surface area contributed by atoms with Gasteiger partial charge in [0.25, 0.3) is 0 Å². The Kier molecular flexibility index (Phi) is 5.93. The van der Waals surface area contributed by atoms with Crippen molar-refractivity contribution in [3.05, 3.63) is 58.7 Å². The Labute approximate surface area is 159 Å². The highest BCUT2D eigenvalue weighted by atomic mass is 32.1. The second kappa shape index (κ2) is 8.36. The largest absolute Gasteiger partial charge is 0.357 e. The van der Waals surface area contributed by atoms with Gasteiger partial charge in [-0.15, -0.1) is 11.3 Å². The molecule has 0 unspecified atom stereocenters. The number of thiophene rings is 1. The summed E-state index contributed by atoms with van der Waals surface area (Å²) in [6.45, 7) is 8.96. The molecule has 0 fully saturated rings. The zero-order valence-corrected chi connectivity index (χ0v) is 16.5. The average molecular weight is 370 g/mol. The quantitative estimate of drug-likeness (QED) is 0.495. The Balaban J connectivity index is 1.57. The Morgan fingerprint density at radius 3 is 2.85 bits per heavy atom. The fraction of sp³-hybridized carbons (Fsp3) is 0.400. The predicted molar refractivity (Wildman–Crippen MR) is 110 cm³/mol. The number of imidazole rings is 1. The maximum atomic E-state index is 4.79. The molecule has 138 valence electrons. The molecule has 3 heterocycles. The van der Waals surface area contributed by atoms with Crippen LogP contribution >= 0.6 is 11.3 Å². The first kappa shape index (κ1) is 18.5. The van der Waals surface area contributed by atoms with Crippen molar-refractivity contribution in [2.45, 2.75) is 32.6 Å². The number of nitrogens with one attached hydrogen (secondary N) is 2. The number of guanidine groups is 1. The van der Waals surface area contributed by atoms with Crippen LogP contribution < -0.4 is 10.6 Å². The van der Waals surface area contributed by atoms with Gasteiger partial charge in [0.2, 0.25) is 0 Å². The van der Waals surface area contributed by atoms with Gasteiger partial charge in [-0.05, 0) is 30.5 Å². The molecular formula is C20H27N5S. The molecule has 0 bridgehead atoms. The summed E-state index contributed by atoms with van der Waals surface area (Å²) >= 11 is 1.79. The van der Waals surface area contributed by atoms with Gasteiger partial charge in [0.1, 0.15) is 5.65 Å². The molecule has 0 spiro atoms. The van der Waals surface area contributed by atoms with Crippen LogP contribution in [0.15, 0.2) is 53.1 Å². The molecule has 0 aromatic carbocycles. The third kappa shape index (κ3) is 4.64. The van der Waals surface area contributed by atoms with Crippen molar-refractivity contribution in [1.82, 2.24) is 20.0 Å². The van der Waals surface area contributed by atoms with Crippen LogP contribution in [-0.2, 0) is 11.8 Å². The number of fused-ring (bicyclic) bond motifs is 1. The SMILES string of the molecule is CCNC(=NCC(C)(C)c1cccs1)NCCc1cn2ccccc2n1. The van der Waals surface area contributed by atoms with Crippen molar-refractivity contribution in [2.75, 3.05) is 19.6 Å². The third-order valence-electron chi connectivity index (χ3n) is 4.25. The molecule has 3 aromatic heterocycles. The van der Waals surface area contributed by atoms with Crippen LogP contribution in [0, 0.1) is 0 Å². The van der Waals surface area contributed by atoms with Gasteiger partial charge < -0.3 is 15.0 Å². The van der Waals surface area contributed by atoms with Crippen molar-refractivity contribution < 1.29 is 0 Å². The average Bonchev–Trinajstić information content (AvgIpc) is 3.29. The first-order chi connectivity index (χ1) is 12.6. The van der Waals surface area contributed by atoms with Gasteiger partial charge in [-0.25, -0.2) is 4.98 Å². The lowest BCUT2D eigenvalue weighted by atomic mass is 9.92. The fourth-order valence-corrected chi connectivity index (χ4v) is 3.62. The molecule has 3 rings (SSSR count). The topological polar surface area (TPSA) is 53.7 Å². The smallest absolute Gasteiger partial charge is 0.191 e. The molecule has 0 aliphatic rings. The van der Waals surface area contributed by atoms with E-state index in [0.29, 0.717) is 0 Å². The molecule has 0 amide bonds. The monoisotopic (exact) mass is 369 g/mol. The lowest BCUT2D eigenvalue weighted by molar-refractivity contribution is 0.548. The van der Waals surface area contributed by atoms with Crippen molar-refractivity contribution in [2.24, 2.45) is 4.99 Å². The van der Waals surface area contributed by atoms with Gasteiger partial charge in [0, 0.05) is 42.2 Å². The molecule has 0 atom stereocenters. The highest BCUT2D eigenvalue weighted by Crippen LogP contribution is 2.27. The van der Waals surface area contributed by atoms with Gasteiger partial charge in [-0.3, -0.25) is 4.99 Å². The van der Waals surface area contributed by atoms with Crippen molar-refractivity contribution in [3.63, 3.8) is 0 Å². The molecule has 0 saturated heterocycles. The summed E-state index contributed by atoms with van der Waals surface area (Å²) in [4.78, 5) is 10.8. The van der Waals surface area contributed by atoms with Gasteiger partial charge in [0.15, 0.2) is 5.96 Å². The number of pyridine rings is 1. The van der Waals surface area contributed by atoms with Crippen LogP contribution in [0.4, 0.5) is 0 Å². The number of aliphatic imine (C=N–C) groups is 1. The van der Waals surface area contributed by atoms with Crippen molar-refractivity contribution in [3.8, 4) is 0 Å². The third-order valence-corrected chi connectivity index (χ3v) is 5.49. The van der Waals surface area contributed by atoms with E-state index in [9.17, 15) is 0 Å². The first-order valence-corrected chi connectivity index (χ1v) is 9.95. The van der Waals surface area contributed by atoms with Crippen LogP contribution in [0.2, 0.25) is 0 Å². The molecule has 3 aromatic rings. The van der Waals surface area contributed by atoms with Crippen molar-refractivity contribution in [1.29, 1.82) is 0 Å². The van der Waals surface area contributed by atoms with Crippen molar-refractivity contribution >= 4 is 22.9 Å². The number of hydrogen-bond acceptors (Lipinski definition) is 3. The minimum atomic E-state index is 0.0398. The molecule has 0 aliphatic carbocycles. The zero-order chi connectivity index (χ0) is 18.4. The number of rotatable bonds is 7. The summed E-state index contributed by atoms with van der Waals surface area (Å²) < 4.78 is 2.05. The van der Waals surface area contributed by atoms with Crippen LogP contribution in [-0.4, -0.2) is 35.0 Å². The second-order valence-corrected chi connectivity index (χ2v) is 7.88. The summed E-state index contributed by atoms with van der Waals surface area (Å²) in [5.74, 6) is 0.862. The molecule has 6 heteroatoms. The number of hydrogen-bond donors (Lipinski definition) is 2. The van der Waals surface area contributed by atoms with Crippen LogP contribution in [0.25, 0.3) is 5.65 Å². The Morgan fingerprint density at radius 1 is 1.23 bits per heavy atom. The lowest BCUT2D eigenvalue weighted by Crippen LogP contribution is -2.39. The Hall–Kier alpha value is -2.34. The zero-order valence-electron chi connectivity index (χ0n) is 15.7. The highest BCUT2D eigenvalue weighted by molar-refractivity contribution is 7.10. The normalized spacial score (nSPS) is 12.5. The van der Waals surface area contributed by atoms with E-state index in [1.807, 2.05) is 24.4 Å². The van der Waals surface area contributed by atoms with E-state index in [0.717, 1.165) is 43.4 Å². The van der Waals surface area contributed by atoms with E-state index < -0.39 is 0 Å². The first-order valence-electron chi connectivity index (χ1n) is 9.07. The van der Waals surface area contributed by atoms with E-state index in [1.54, 1.807) is 11.3 Å². The van der Waals surface area contributed by atoms with Crippen LogP contribution in [0.5, 0.6) is 0 Å². The molecule has 0 saturated carbocycles. The second-order valence-electron chi connectivity index (χ2n) is 6.93. The summed E-state index contributed by atoms with van der Waals surface area (Å²) in [7, 11) is 0. The maximum absolute atomic E-state index is 4.79. The van der Waals surface area contributed by atoms with E-state index in [4.69, 9.17) is 4.99 Å². The standard InChI is InChI=1S/C20H27N5S/c1-4-21-19(23-15-20(2,3)17-8-7-13-26-17)22-11-10-16-14-25-12-6-5-9-18(25)24-16/h5-9,12-14H,4,10-11,15H2,1-3H3,(H2,21,22,23). The predicted octanol–water partition coefficient (Wildman–Crippen LogP) is 3.47. The van der Waals surface area contributed by atoms with Gasteiger partial charge in [-0.1, -0.05) is 26.0 Å². The lowest BCUT2D eigenvalue weighted by Gasteiger charge is -2.21. The maximum Gasteiger partial charge on any atom is 0.191 e. The fourth-order valence-electron chi connectivity index (χ4n) is 2.78. The molecule has 5 nitrogen and oxygen atoms in total. The van der Waals surface area contributed by atoms with Gasteiger partial charge >= 0.3 is 0 Å².